The van der Waals surface area contributed by atoms with Crippen LogP contribution in [0.2, 0.25) is 0 Å². The van der Waals surface area contributed by atoms with E-state index in [2.05, 4.69) is 12.2 Å². The van der Waals surface area contributed by atoms with E-state index in [1.165, 1.54) is 0 Å². The average Bonchev–Trinajstić information content (AvgIpc) is 2.42. The molecule has 1 unspecified atom stereocenters. The maximum atomic E-state index is 8.77. The molecule has 1 aromatic rings. The zero-order valence-electron chi connectivity index (χ0n) is 11.4. The summed E-state index contributed by atoms with van der Waals surface area (Å²) in [7, 11) is 3.27. The number of benzene rings is 1. The summed E-state index contributed by atoms with van der Waals surface area (Å²) in [6.45, 7) is 3.16. The minimum absolute atomic E-state index is 0.252. The van der Waals surface area contributed by atoms with Crippen molar-refractivity contribution in [3.05, 3.63) is 23.8 Å². The van der Waals surface area contributed by atoms with Gasteiger partial charge in [0.05, 0.1) is 14.2 Å². The number of aliphatic hydroxyl groups is 1. The largest absolute Gasteiger partial charge is 0.493 e. The molecule has 0 bridgehead atoms. The van der Waals surface area contributed by atoms with Crippen molar-refractivity contribution in [1.29, 1.82) is 0 Å². The third-order valence-corrected chi connectivity index (χ3v) is 2.90. The maximum absolute atomic E-state index is 8.77. The summed E-state index contributed by atoms with van der Waals surface area (Å²) in [5.74, 6) is 1.49. The highest BCUT2D eigenvalue weighted by Crippen LogP contribution is 2.27. The quantitative estimate of drug-likeness (QED) is 0.743. The number of nitrogens with one attached hydrogen (secondary N) is 1. The van der Waals surface area contributed by atoms with Gasteiger partial charge in [-0.25, -0.2) is 0 Å². The third-order valence-electron chi connectivity index (χ3n) is 2.90. The minimum Gasteiger partial charge on any atom is -0.493 e. The van der Waals surface area contributed by atoms with Crippen LogP contribution in [-0.2, 0) is 6.54 Å². The Labute approximate surface area is 109 Å². The van der Waals surface area contributed by atoms with E-state index in [4.69, 9.17) is 14.6 Å². The topological polar surface area (TPSA) is 50.7 Å². The smallest absolute Gasteiger partial charge is 0.161 e. The van der Waals surface area contributed by atoms with E-state index in [0.29, 0.717) is 6.04 Å². The summed E-state index contributed by atoms with van der Waals surface area (Å²) < 4.78 is 10.5. The van der Waals surface area contributed by atoms with Gasteiger partial charge in [-0.15, -0.1) is 0 Å². The molecule has 0 amide bonds. The Hall–Kier alpha value is -1.26. The molecule has 18 heavy (non-hydrogen) atoms. The second kappa shape index (κ2) is 7.95. The summed E-state index contributed by atoms with van der Waals surface area (Å²) in [5, 5.41) is 12.2. The molecule has 0 aliphatic carbocycles. The summed E-state index contributed by atoms with van der Waals surface area (Å²) in [6.07, 6.45) is 1.81. The first-order chi connectivity index (χ1) is 8.71. The molecule has 0 aliphatic heterocycles. The van der Waals surface area contributed by atoms with Crippen LogP contribution < -0.4 is 14.8 Å². The van der Waals surface area contributed by atoms with Crippen LogP contribution in [0.5, 0.6) is 11.5 Å². The van der Waals surface area contributed by atoms with Crippen LogP contribution >= 0.6 is 0 Å². The first-order valence-corrected chi connectivity index (χ1v) is 6.26. The molecule has 1 atom stereocenters. The monoisotopic (exact) mass is 253 g/mol. The van der Waals surface area contributed by atoms with Gasteiger partial charge in [0, 0.05) is 19.2 Å². The molecule has 0 spiro atoms. The standard InChI is InChI=1S/C14H23NO3/c1-11(5-4-8-16)15-10-12-6-7-13(17-2)14(9-12)18-3/h6-7,9,11,15-16H,4-5,8,10H2,1-3H3. The Bertz CT molecular complexity index is 355. The van der Waals surface area contributed by atoms with Crippen molar-refractivity contribution < 1.29 is 14.6 Å². The Kier molecular flexibility index (Phi) is 6.54. The summed E-state index contributed by atoms with van der Waals surface area (Å²) in [5.41, 5.74) is 1.16. The molecule has 0 aliphatic rings. The van der Waals surface area contributed by atoms with Gasteiger partial charge >= 0.3 is 0 Å². The van der Waals surface area contributed by atoms with Crippen LogP contribution in [0.4, 0.5) is 0 Å². The second-order valence-electron chi connectivity index (χ2n) is 4.34. The average molecular weight is 253 g/mol. The lowest BCUT2D eigenvalue weighted by atomic mass is 10.1. The van der Waals surface area contributed by atoms with E-state index < -0.39 is 0 Å². The van der Waals surface area contributed by atoms with Crippen LogP contribution in [0.15, 0.2) is 18.2 Å². The van der Waals surface area contributed by atoms with Crippen molar-refractivity contribution in [2.45, 2.75) is 32.4 Å². The van der Waals surface area contributed by atoms with Crippen LogP contribution in [-0.4, -0.2) is 32.0 Å². The summed E-state index contributed by atoms with van der Waals surface area (Å²) in [4.78, 5) is 0. The molecule has 102 valence electrons. The number of hydrogen-bond donors (Lipinski definition) is 2. The molecule has 0 saturated carbocycles. The van der Waals surface area contributed by atoms with E-state index in [-0.39, 0.29) is 6.61 Å². The van der Waals surface area contributed by atoms with Crippen LogP contribution in [0.25, 0.3) is 0 Å². The van der Waals surface area contributed by atoms with E-state index in [9.17, 15) is 0 Å². The predicted molar refractivity (Wildman–Crippen MR) is 72.2 cm³/mol. The molecule has 4 nitrogen and oxygen atoms in total. The molecule has 0 aromatic heterocycles. The number of methoxy groups -OCH3 is 2. The van der Waals surface area contributed by atoms with Crippen molar-refractivity contribution in [3.63, 3.8) is 0 Å². The lowest BCUT2D eigenvalue weighted by Crippen LogP contribution is -2.25. The number of rotatable bonds is 8. The number of ether oxygens (including phenoxy) is 2. The van der Waals surface area contributed by atoms with Gasteiger partial charge in [0.1, 0.15) is 0 Å². The molecule has 0 heterocycles. The normalized spacial score (nSPS) is 12.2. The molecular weight excluding hydrogens is 230 g/mol. The highest BCUT2D eigenvalue weighted by atomic mass is 16.5. The van der Waals surface area contributed by atoms with Crippen LogP contribution in [0.3, 0.4) is 0 Å². The summed E-state index contributed by atoms with van der Waals surface area (Å²) in [6, 6.07) is 6.30. The van der Waals surface area contributed by atoms with Gasteiger partial charge < -0.3 is 19.9 Å². The first kappa shape index (κ1) is 14.8. The van der Waals surface area contributed by atoms with Gasteiger partial charge in [-0.05, 0) is 37.5 Å². The van der Waals surface area contributed by atoms with Crippen molar-refractivity contribution in [2.75, 3.05) is 20.8 Å². The molecule has 1 aromatic carbocycles. The van der Waals surface area contributed by atoms with Gasteiger partial charge in [0.25, 0.3) is 0 Å². The fraction of sp³-hybridized carbons (Fsp3) is 0.571. The lowest BCUT2D eigenvalue weighted by Gasteiger charge is -2.14. The zero-order chi connectivity index (χ0) is 13.4. The van der Waals surface area contributed by atoms with Gasteiger partial charge in [-0.1, -0.05) is 6.07 Å². The highest BCUT2D eigenvalue weighted by molar-refractivity contribution is 5.42. The second-order valence-corrected chi connectivity index (χ2v) is 4.34. The van der Waals surface area contributed by atoms with E-state index >= 15 is 0 Å². The SMILES string of the molecule is COc1ccc(CNC(C)CCCO)cc1OC. The lowest BCUT2D eigenvalue weighted by molar-refractivity contribution is 0.276. The highest BCUT2D eigenvalue weighted by Gasteiger charge is 2.06. The Morgan fingerprint density at radius 2 is 1.94 bits per heavy atom. The Morgan fingerprint density at radius 3 is 2.56 bits per heavy atom. The fourth-order valence-electron chi connectivity index (χ4n) is 1.78. The van der Waals surface area contributed by atoms with Crippen molar-refractivity contribution in [1.82, 2.24) is 5.32 Å². The van der Waals surface area contributed by atoms with Crippen molar-refractivity contribution in [3.8, 4) is 11.5 Å². The molecule has 2 N–H and O–H groups in total. The zero-order valence-corrected chi connectivity index (χ0v) is 11.4. The molecule has 1 rings (SSSR count). The van der Waals surface area contributed by atoms with Crippen LogP contribution in [0, 0.1) is 0 Å². The number of aliphatic hydroxyl groups excluding tert-OH is 1. The van der Waals surface area contributed by atoms with Crippen LogP contribution in [0.1, 0.15) is 25.3 Å². The molecule has 0 fully saturated rings. The fourth-order valence-corrected chi connectivity index (χ4v) is 1.78. The van der Waals surface area contributed by atoms with Gasteiger partial charge in [0.2, 0.25) is 0 Å². The predicted octanol–water partition coefficient (Wildman–Crippen LogP) is 1.95. The van der Waals surface area contributed by atoms with Crippen molar-refractivity contribution in [2.24, 2.45) is 0 Å². The van der Waals surface area contributed by atoms with E-state index in [1.54, 1.807) is 14.2 Å². The first-order valence-electron chi connectivity index (χ1n) is 6.26. The molecule has 0 saturated heterocycles. The van der Waals surface area contributed by atoms with Gasteiger partial charge in [0.15, 0.2) is 11.5 Å². The summed E-state index contributed by atoms with van der Waals surface area (Å²) >= 11 is 0. The van der Waals surface area contributed by atoms with Gasteiger partial charge in [-0.2, -0.15) is 0 Å². The Balaban J connectivity index is 2.52. The number of hydrogen-bond acceptors (Lipinski definition) is 4. The van der Waals surface area contributed by atoms with Gasteiger partial charge in [-0.3, -0.25) is 0 Å². The van der Waals surface area contributed by atoms with E-state index in [1.807, 2.05) is 18.2 Å². The van der Waals surface area contributed by atoms with Crippen molar-refractivity contribution >= 4 is 0 Å². The minimum atomic E-state index is 0.252. The van der Waals surface area contributed by atoms with E-state index in [0.717, 1.165) is 36.4 Å². The molecule has 4 heteroatoms. The third kappa shape index (κ3) is 4.55. The Morgan fingerprint density at radius 1 is 1.22 bits per heavy atom. The molecule has 0 radical (unpaired) electrons. The maximum Gasteiger partial charge on any atom is 0.161 e. The molecular formula is C14H23NO3.